The number of carbonyl (C=O) groups is 6. The number of hydrogen-bond donors (Lipinski definition) is 3. The Morgan fingerprint density at radius 1 is 0.738 bits per heavy atom. The molecule has 0 spiro atoms. The number of allylic oxidation sites excluding steroid dienone is 2. The van der Waals surface area contributed by atoms with Crippen LogP contribution in [0.5, 0.6) is 5.75 Å². The minimum Gasteiger partial charge on any atom is -0.507 e. The molecule has 19 heteroatoms. The smallest absolute Gasteiger partial charge is 0.507 e. The highest BCUT2D eigenvalue weighted by Crippen LogP contribution is 2.41. The summed E-state index contributed by atoms with van der Waals surface area (Å²) in [4.78, 5) is 78.7. The van der Waals surface area contributed by atoms with Gasteiger partial charge in [0.25, 0.3) is 0 Å². The molecule has 6 atom stereocenters. The Balaban J connectivity index is 2.12. The van der Waals surface area contributed by atoms with Gasteiger partial charge in [0.05, 0.1) is 7.11 Å². The van der Waals surface area contributed by atoms with Crippen LogP contribution in [-0.4, -0.2) is 124 Å². The number of ether oxygens (including phenoxy) is 10. The fourth-order valence-corrected chi connectivity index (χ4v) is 5.60. The van der Waals surface area contributed by atoms with Crippen molar-refractivity contribution in [2.75, 3.05) is 13.7 Å². The average molecular weight is 865 g/mol. The van der Waals surface area contributed by atoms with Crippen LogP contribution in [0.3, 0.4) is 0 Å². The highest BCUT2D eigenvalue weighted by atomic mass is 16.8. The van der Waals surface area contributed by atoms with Crippen molar-refractivity contribution in [2.45, 2.75) is 142 Å². The van der Waals surface area contributed by atoms with Crippen LogP contribution in [0.4, 0.5) is 19.2 Å². The Kier molecular flexibility index (Phi) is 15.4. The fourth-order valence-electron chi connectivity index (χ4n) is 5.60. The van der Waals surface area contributed by atoms with Crippen molar-refractivity contribution in [1.82, 2.24) is 0 Å². The number of aliphatic hydroxyl groups is 3. The highest BCUT2D eigenvalue weighted by Gasteiger charge is 2.64. The van der Waals surface area contributed by atoms with Gasteiger partial charge in [-0.05, 0) is 107 Å². The summed E-state index contributed by atoms with van der Waals surface area (Å²) in [5, 5.41) is 35.5. The predicted molar refractivity (Wildman–Crippen MR) is 211 cm³/mol. The minimum absolute atomic E-state index is 0.127. The molecule has 2 aliphatic rings. The molecular weight excluding hydrogens is 808 g/mol. The first-order valence-electron chi connectivity index (χ1n) is 19.0. The van der Waals surface area contributed by atoms with E-state index in [1.807, 2.05) is 0 Å². The molecule has 3 rings (SSSR count). The van der Waals surface area contributed by atoms with Crippen LogP contribution in [0.25, 0.3) is 6.08 Å². The van der Waals surface area contributed by atoms with Crippen molar-refractivity contribution in [3.63, 3.8) is 0 Å². The van der Waals surface area contributed by atoms with Crippen LogP contribution < -0.4 is 4.74 Å². The van der Waals surface area contributed by atoms with Crippen LogP contribution in [0.2, 0.25) is 0 Å². The number of ketones is 2. The van der Waals surface area contributed by atoms with Crippen molar-refractivity contribution in [3.8, 4) is 5.75 Å². The molecule has 0 radical (unpaired) electrons. The van der Waals surface area contributed by atoms with Gasteiger partial charge in [0.2, 0.25) is 11.4 Å². The maximum absolute atomic E-state index is 14.4. The Morgan fingerprint density at radius 3 is 1.70 bits per heavy atom. The van der Waals surface area contributed by atoms with Crippen LogP contribution >= 0.6 is 0 Å². The third-order valence-corrected chi connectivity index (χ3v) is 7.91. The third-order valence-electron chi connectivity index (χ3n) is 7.91. The standard InChI is InChI=1S/C42H56O19/c1-38(2,3)58-34(47)53-21-26-30(56-36(49)60-40(7,8)9)31(57-37(50)61-41(10,11)12)29(45)33(55-26)42(51)27(52-13)20-25(44)28(32(42)46)24(43)19-16-22-14-17-23(18-15-22)54-35(48)59-39(4,5)6/h14-20,26,29-31,33,43,45,51H,21H2,1-13H3/b19-16+,28-24+/t26-,29-,30-,31-,33-,42+/m1/s1. The number of benzene rings is 1. The van der Waals surface area contributed by atoms with E-state index in [1.165, 1.54) is 71.9 Å². The number of rotatable bonds is 9. The Bertz CT molecular complexity index is 1900. The summed E-state index contributed by atoms with van der Waals surface area (Å²) in [6.07, 6.45) is -12.4. The lowest BCUT2D eigenvalue weighted by Gasteiger charge is -2.48. The Hall–Kier alpha value is -5.66. The summed E-state index contributed by atoms with van der Waals surface area (Å²) < 4.78 is 53.5. The molecule has 0 saturated carbocycles. The summed E-state index contributed by atoms with van der Waals surface area (Å²) >= 11 is 0. The van der Waals surface area contributed by atoms with Gasteiger partial charge in [-0.2, -0.15) is 0 Å². The molecule has 0 bridgehead atoms. The van der Waals surface area contributed by atoms with Gasteiger partial charge in [-0.1, -0.05) is 18.2 Å². The van der Waals surface area contributed by atoms with Gasteiger partial charge in [0, 0.05) is 6.08 Å². The molecule has 1 fully saturated rings. The van der Waals surface area contributed by atoms with E-state index in [-0.39, 0.29) is 5.75 Å². The Morgan fingerprint density at radius 2 is 1.21 bits per heavy atom. The molecular formula is C42H56O19. The van der Waals surface area contributed by atoms with E-state index in [2.05, 4.69) is 0 Å². The van der Waals surface area contributed by atoms with Crippen LogP contribution in [0.1, 0.15) is 88.6 Å². The van der Waals surface area contributed by atoms with Gasteiger partial charge in [-0.25, -0.2) is 19.2 Å². The zero-order valence-electron chi connectivity index (χ0n) is 36.5. The van der Waals surface area contributed by atoms with Crippen LogP contribution in [0.15, 0.2) is 53.5 Å². The quantitative estimate of drug-likeness (QED) is 0.0646. The minimum atomic E-state index is -3.20. The van der Waals surface area contributed by atoms with Gasteiger partial charge in [0.1, 0.15) is 70.2 Å². The lowest BCUT2D eigenvalue weighted by molar-refractivity contribution is -0.268. The van der Waals surface area contributed by atoms with Crippen molar-refractivity contribution in [1.29, 1.82) is 0 Å². The van der Waals surface area contributed by atoms with E-state index in [1.54, 1.807) is 41.5 Å². The molecule has 3 N–H and O–H groups in total. The molecule has 1 aromatic carbocycles. The SMILES string of the molecule is COC1=CC(=O)/C(=C(O)/C=C/c2ccc(OC(=O)OC(C)(C)C)cc2)C(=O)[C@]1(O)[C@@H]1O[C@H](COC(=O)OC(C)(C)C)[C@@H](OC(=O)OC(C)(C)C)[C@H](OC(=O)OC(C)(C)C)[C@H]1O. The van der Waals surface area contributed by atoms with Crippen molar-refractivity contribution >= 4 is 42.3 Å². The van der Waals surface area contributed by atoms with Gasteiger partial charge >= 0.3 is 24.6 Å². The first-order chi connectivity index (χ1) is 27.8. The first kappa shape index (κ1) is 49.7. The van der Waals surface area contributed by atoms with Crippen LogP contribution in [0, 0.1) is 0 Å². The molecule has 1 aromatic rings. The summed E-state index contributed by atoms with van der Waals surface area (Å²) in [5.41, 5.74) is -7.90. The third kappa shape index (κ3) is 14.2. The van der Waals surface area contributed by atoms with E-state index in [4.69, 9.17) is 47.4 Å². The lowest BCUT2D eigenvalue weighted by atomic mass is 9.74. The molecule has 61 heavy (non-hydrogen) atoms. The van der Waals surface area contributed by atoms with E-state index in [0.29, 0.717) is 11.6 Å². The molecule has 19 nitrogen and oxygen atoms in total. The zero-order valence-corrected chi connectivity index (χ0v) is 36.5. The molecule has 338 valence electrons. The summed E-state index contributed by atoms with van der Waals surface area (Å²) in [5.74, 6) is -4.27. The van der Waals surface area contributed by atoms with Gasteiger partial charge in [-0.3, -0.25) is 9.59 Å². The zero-order chi connectivity index (χ0) is 46.5. The topological polar surface area (TPSA) is 255 Å². The predicted octanol–water partition coefficient (Wildman–Crippen LogP) is 5.96. The maximum Gasteiger partial charge on any atom is 0.514 e. The lowest BCUT2D eigenvalue weighted by Crippen LogP contribution is -2.70. The second kappa shape index (κ2) is 18.9. The van der Waals surface area contributed by atoms with E-state index in [0.717, 1.165) is 13.2 Å². The second-order valence-corrected chi connectivity index (χ2v) is 17.9. The molecule has 1 saturated heterocycles. The van der Waals surface area contributed by atoms with Gasteiger partial charge < -0.3 is 62.7 Å². The Labute approximate surface area is 353 Å². The van der Waals surface area contributed by atoms with E-state index >= 15 is 0 Å². The number of carbonyl (C=O) groups excluding carboxylic acids is 6. The number of aliphatic hydroxyl groups excluding tert-OH is 2. The molecule has 1 aliphatic carbocycles. The van der Waals surface area contributed by atoms with Gasteiger partial charge in [0.15, 0.2) is 18.0 Å². The molecule has 1 aliphatic heterocycles. The fraction of sp³-hybridized carbons (Fsp3) is 0.571. The summed E-state index contributed by atoms with van der Waals surface area (Å²) in [7, 11) is 0.990. The van der Waals surface area contributed by atoms with Crippen molar-refractivity contribution in [2.24, 2.45) is 0 Å². The number of hydrogen-bond acceptors (Lipinski definition) is 19. The molecule has 1 heterocycles. The maximum atomic E-state index is 14.4. The van der Waals surface area contributed by atoms with E-state index in [9.17, 15) is 44.1 Å². The average Bonchev–Trinajstić information content (AvgIpc) is 3.07. The number of methoxy groups -OCH3 is 1. The second-order valence-electron chi connectivity index (χ2n) is 17.9. The normalized spacial score (nSPS) is 24.5. The molecule has 0 unspecified atom stereocenters. The molecule has 0 aromatic heterocycles. The monoisotopic (exact) mass is 864 g/mol. The summed E-state index contributed by atoms with van der Waals surface area (Å²) in [6, 6.07) is 5.78. The first-order valence-corrected chi connectivity index (χ1v) is 19.0. The van der Waals surface area contributed by atoms with Crippen molar-refractivity contribution in [3.05, 3.63) is 59.1 Å². The summed E-state index contributed by atoms with van der Waals surface area (Å²) in [6.45, 7) is 17.9. The van der Waals surface area contributed by atoms with E-state index < -0.39 is 118 Å². The largest absolute Gasteiger partial charge is 0.514 e. The molecule has 0 amide bonds. The van der Waals surface area contributed by atoms with Gasteiger partial charge in [-0.15, -0.1) is 0 Å². The highest BCUT2D eigenvalue weighted by molar-refractivity contribution is 6.30. The van der Waals surface area contributed by atoms with Crippen LogP contribution in [-0.2, 0) is 52.2 Å². The number of Topliss-reactive ketones (excluding diaryl/α,β-unsaturated/α-hetero) is 1. The van der Waals surface area contributed by atoms with Crippen molar-refractivity contribution < 1.29 is 91.5 Å².